The van der Waals surface area contributed by atoms with E-state index in [1.54, 1.807) is 0 Å². The summed E-state index contributed by atoms with van der Waals surface area (Å²) in [6, 6.07) is 0. The highest BCUT2D eigenvalue weighted by molar-refractivity contribution is 4.77. The van der Waals surface area contributed by atoms with E-state index in [2.05, 4.69) is 13.8 Å². The maximum absolute atomic E-state index is 8.85. The van der Waals surface area contributed by atoms with Gasteiger partial charge in [0, 0.05) is 6.61 Å². The molecule has 3 atom stereocenters. The smallest absolute Gasteiger partial charge is 0.0461 e. The molecule has 1 saturated carbocycles. The Morgan fingerprint density at radius 2 is 2.00 bits per heavy atom. The molecule has 0 radical (unpaired) electrons. The predicted molar refractivity (Wildman–Crippen MR) is 38.1 cm³/mol. The summed E-state index contributed by atoms with van der Waals surface area (Å²) < 4.78 is 0. The van der Waals surface area contributed by atoms with Crippen LogP contribution in [0, 0.1) is 17.8 Å². The van der Waals surface area contributed by atoms with Gasteiger partial charge in [0.15, 0.2) is 0 Å². The fraction of sp³-hybridized carbons (Fsp3) is 1.00. The molecular weight excluding hydrogens is 112 g/mol. The fourth-order valence-electron chi connectivity index (χ4n) is 1.93. The van der Waals surface area contributed by atoms with Crippen molar-refractivity contribution in [2.24, 2.45) is 17.8 Å². The van der Waals surface area contributed by atoms with Gasteiger partial charge in [-0.1, -0.05) is 13.8 Å². The van der Waals surface area contributed by atoms with Gasteiger partial charge in [0.2, 0.25) is 0 Å². The Morgan fingerprint density at radius 3 is 2.22 bits per heavy atom. The van der Waals surface area contributed by atoms with E-state index < -0.39 is 0 Å². The van der Waals surface area contributed by atoms with Crippen LogP contribution in [0.15, 0.2) is 0 Å². The summed E-state index contributed by atoms with van der Waals surface area (Å²) in [7, 11) is 0. The van der Waals surface area contributed by atoms with Crippen LogP contribution in [0.3, 0.4) is 0 Å². The van der Waals surface area contributed by atoms with Crippen LogP contribution in [0.4, 0.5) is 0 Å². The normalized spacial score (nSPS) is 43.7. The van der Waals surface area contributed by atoms with Crippen molar-refractivity contribution in [1.82, 2.24) is 0 Å². The lowest BCUT2D eigenvalue weighted by molar-refractivity contribution is 0.200. The van der Waals surface area contributed by atoms with Crippen molar-refractivity contribution >= 4 is 0 Å². The third-order valence-corrected chi connectivity index (χ3v) is 2.52. The zero-order valence-corrected chi connectivity index (χ0v) is 6.30. The van der Waals surface area contributed by atoms with E-state index in [4.69, 9.17) is 5.11 Å². The molecule has 1 aliphatic rings. The maximum atomic E-state index is 8.85. The van der Waals surface area contributed by atoms with E-state index in [1.807, 2.05) is 0 Å². The molecule has 2 unspecified atom stereocenters. The standard InChI is InChI=1S/C8H16O/c1-6-3-7(2)8(4-6)5-9/h6-9H,3-5H2,1-2H3/t6?,7-,8?/m1/s1. The van der Waals surface area contributed by atoms with Crippen molar-refractivity contribution < 1.29 is 5.11 Å². The molecule has 1 rings (SSSR count). The molecule has 54 valence electrons. The van der Waals surface area contributed by atoms with Gasteiger partial charge in [-0.25, -0.2) is 0 Å². The van der Waals surface area contributed by atoms with Crippen molar-refractivity contribution in [3.8, 4) is 0 Å². The zero-order chi connectivity index (χ0) is 6.85. The second-order valence-corrected chi connectivity index (χ2v) is 3.50. The highest BCUT2D eigenvalue weighted by Gasteiger charge is 2.27. The van der Waals surface area contributed by atoms with Crippen LogP contribution in [-0.4, -0.2) is 11.7 Å². The van der Waals surface area contributed by atoms with Crippen molar-refractivity contribution in [2.45, 2.75) is 26.7 Å². The first-order valence-electron chi connectivity index (χ1n) is 3.85. The summed E-state index contributed by atoms with van der Waals surface area (Å²) in [5.74, 6) is 2.20. The molecule has 0 bridgehead atoms. The van der Waals surface area contributed by atoms with Crippen molar-refractivity contribution in [3.05, 3.63) is 0 Å². The predicted octanol–water partition coefficient (Wildman–Crippen LogP) is 1.66. The molecule has 1 heteroatoms. The molecule has 1 aliphatic carbocycles. The van der Waals surface area contributed by atoms with E-state index in [1.165, 1.54) is 12.8 Å². The third kappa shape index (κ3) is 1.45. The highest BCUT2D eigenvalue weighted by Crippen LogP contribution is 2.34. The summed E-state index contributed by atoms with van der Waals surface area (Å²) in [5.41, 5.74) is 0. The molecule has 9 heavy (non-hydrogen) atoms. The molecule has 0 saturated heterocycles. The Labute approximate surface area is 57.1 Å². The molecular formula is C8H16O. The lowest BCUT2D eigenvalue weighted by Gasteiger charge is -2.09. The van der Waals surface area contributed by atoms with Crippen LogP contribution in [0.2, 0.25) is 0 Å². The highest BCUT2D eigenvalue weighted by atomic mass is 16.3. The minimum atomic E-state index is 0.394. The number of hydrogen-bond donors (Lipinski definition) is 1. The van der Waals surface area contributed by atoms with Crippen molar-refractivity contribution in [1.29, 1.82) is 0 Å². The Balaban J connectivity index is 2.38. The number of rotatable bonds is 1. The monoisotopic (exact) mass is 128 g/mol. The molecule has 0 aromatic rings. The van der Waals surface area contributed by atoms with Gasteiger partial charge in [-0.2, -0.15) is 0 Å². The lowest BCUT2D eigenvalue weighted by atomic mass is 10.00. The van der Waals surface area contributed by atoms with E-state index in [0.717, 1.165) is 11.8 Å². The molecule has 0 aromatic heterocycles. The summed E-state index contributed by atoms with van der Waals surface area (Å²) in [6.07, 6.45) is 2.54. The summed E-state index contributed by atoms with van der Waals surface area (Å²) in [6.45, 7) is 4.90. The van der Waals surface area contributed by atoms with E-state index in [-0.39, 0.29) is 0 Å². The quantitative estimate of drug-likeness (QED) is 0.569. The zero-order valence-electron chi connectivity index (χ0n) is 6.30. The maximum Gasteiger partial charge on any atom is 0.0461 e. The Kier molecular flexibility index (Phi) is 2.12. The Morgan fingerprint density at radius 1 is 1.33 bits per heavy atom. The molecule has 0 heterocycles. The van der Waals surface area contributed by atoms with Gasteiger partial charge in [-0.05, 0) is 30.6 Å². The minimum Gasteiger partial charge on any atom is -0.396 e. The fourth-order valence-corrected chi connectivity index (χ4v) is 1.93. The molecule has 1 fully saturated rings. The lowest BCUT2D eigenvalue weighted by Crippen LogP contribution is -2.07. The minimum absolute atomic E-state index is 0.394. The average Bonchev–Trinajstić information content (AvgIpc) is 2.10. The van der Waals surface area contributed by atoms with Crippen LogP contribution in [0.5, 0.6) is 0 Å². The Hall–Kier alpha value is -0.0400. The van der Waals surface area contributed by atoms with Crippen LogP contribution in [-0.2, 0) is 0 Å². The van der Waals surface area contributed by atoms with Gasteiger partial charge in [0.05, 0.1) is 0 Å². The third-order valence-electron chi connectivity index (χ3n) is 2.52. The van der Waals surface area contributed by atoms with Crippen LogP contribution < -0.4 is 0 Å². The first-order chi connectivity index (χ1) is 4.24. The van der Waals surface area contributed by atoms with Crippen LogP contribution in [0.25, 0.3) is 0 Å². The van der Waals surface area contributed by atoms with Gasteiger partial charge in [0.1, 0.15) is 0 Å². The van der Waals surface area contributed by atoms with E-state index >= 15 is 0 Å². The number of hydrogen-bond acceptors (Lipinski definition) is 1. The van der Waals surface area contributed by atoms with Gasteiger partial charge >= 0.3 is 0 Å². The van der Waals surface area contributed by atoms with Crippen molar-refractivity contribution in [2.75, 3.05) is 6.61 Å². The van der Waals surface area contributed by atoms with E-state index in [9.17, 15) is 0 Å². The number of aliphatic hydroxyl groups is 1. The first-order valence-corrected chi connectivity index (χ1v) is 3.85. The Bertz CT molecular complexity index is 90.6. The summed E-state index contributed by atoms with van der Waals surface area (Å²) >= 11 is 0. The summed E-state index contributed by atoms with van der Waals surface area (Å²) in [4.78, 5) is 0. The SMILES string of the molecule is CC1CC(CO)[C@H](C)C1. The second-order valence-electron chi connectivity index (χ2n) is 3.50. The molecule has 0 aromatic carbocycles. The van der Waals surface area contributed by atoms with Crippen LogP contribution >= 0.6 is 0 Å². The van der Waals surface area contributed by atoms with Gasteiger partial charge in [-0.3, -0.25) is 0 Å². The van der Waals surface area contributed by atoms with Crippen molar-refractivity contribution in [3.63, 3.8) is 0 Å². The molecule has 0 amide bonds. The molecule has 0 spiro atoms. The first kappa shape index (κ1) is 7.07. The second kappa shape index (κ2) is 2.70. The largest absolute Gasteiger partial charge is 0.396 e. The molecule has 1 N–H and O–H groups in total. The van der Waals surface area contributed by atoms with Crippen LogP contribution in [0.1, 0.15) is 26.7 Å². The van der Waals surface area contributed by atoms with Gasteiger partial charge < -0.3 is 5.11 Å². The topological polar surface area (TPSA) is 20.2 Å². The van der Waals surface area contributed by atoms with Gasteiger partial charge in [0.25, 0.3) is 0 Å². The molecule has 1 nitrogen and oxygen atoms in total. The van der Waals surface area contributed by atoms with E-state index in [0.29, 0.717) is 12.5 Å². The van der Waals surface area contributed by atoms with Gasteiger partial charge in [-0.15, -0.1) is 0 Å². The summed E-state index contributed by atoms with van der Waals surface area (Å²) in [5, 5.41) is 8.85. The average molecular weight is 128 g/mol. The number of aliphatic hydroxyl groups excluding tert-OH is 1. The molecule has 0 aliphatic heterocycles.